The van der Waals surface area contributed by atoms with Gasteiger partial charge in [0.2, 0.25) is 5.91 Å². The predicted octanol–water partition coefficient (Wildman–Crippen LogP) is 2.82. The van der Waals surface area contributed by atoms with Gasteiger partial charge in [0.05, 0.1) is 11.7 Å². The molecule has 5 nitrogen and oxygen atoms in total. The van der Waals surface area contributed by atoms with Gasteiger partial charge in [-0.05, 0) is 29.8 Å². The van der Waals surface area contributed by atoms with Gasteiger partial charge in [0, 0.05) is 12.1 Å². The Hall–Kier alpha value is -2.37. The van der Waals surface area contributed by atoms with E-state index in [1.165, 1.54) is 7.05 Å². The molecule has 24 heavy (non-hydrogen) atoms. The Kier molecular flexibility index (Phi) is 3.55. The van der Waals surface area contributed by atoms with Crippen LogP contribution in [0.5, 0.6) is 0 Å². The van der Waals surface area contributed by atoms with Gasteiger partial charge in [-0.2, -0.15) is 0 Å². The van der Waals surface area contributed by atoms with Crippen LogP contribution in [0.3, 0.4) is 0 Å². The highest BCUT2D eigenvalue weighted by atomic mass is 35.5. The number of nitrogens with zero attached hydrogens (tertiary/aromatic N) is 2. The summed E-state index contributed by atoms with van der Waals surface area (Å²) in [5.41, 5.74) is 1.68. The standard InChI is InChI=1S/C18H15ClN2O3/c1-20-17(22)14-15(11-5-3-2-4-6-11)21(24-16(14)18(20)23)13-9-7-12(19)8-10-13/h2-10,14-16H,1H3/t14-,15-,16+/m1/s1. The number of fused-ring (bicyclic) bond motifs is 1. The highest BCUT2D eigenvalue weighted by molar-refractivity contribution is 6.30. The maximum absolute atomic E-state index is 12.6. The van der Waals surface area contributed by atoms with E-state index < -0.39 is 12.0 Å². The summed E-state index contributed by atoms with van der Waals surface area (Å²) in [6, 6.07) is 16.4. The molecular weight excluding hydrogens is 328 g/mol. The van der Waals surface area contributed by atoms with Gasteiger partial charge in [-0.25, -0.2) is 5.06 Å². The second-order valence-corrected chi connectivity index (χ2v) is 6.38. The lowest BCUT2D eigenvalue weighted by Gasteiger charge is -2.28. The molecule has 0 unspecified atom stereocenters. The lowest BCUT2D eigenvalue weighted by atomic mass is 9.90. The van der Waals surface area contributed by atoms with Crippen LogP contribution in [-0.2, 0) is 14.4 Å². The number of rotatable bonds is 2. The molecular formula is C18H15ClN2O3. The average Bonchev–Trinajstić information content (AvgIpc) is 3.09. The molecule has 4 rings (SSSR count). The quantitative estimate of drug-likeness (QED) is 0.787. The number of carbonyl (C=O) groups is 2. The molecule has 2 saturated heterocycles. The number of imide groups is 1. The lowest BCUT2D eigenvalue weighted by molar-refractivity contribution is -0.141. The number of anilines is 1. The van der Waals surface area contributed by atoms with E-state index in [0.29, 0.717) is 5.02 Å². The normalized spacial score (nSPS) is 26.2. The third kappa shape index (κ3) is 2.20. The van der Waals surface area contributed by atoms with Crippen molar-refractivity contribution in [3.8, 4) is 0 Å². The van der Waals surface area contributed by atoms with Gasteiger partial charge in [-0.3, -0.25) is 19.3 Å². The number of hydrogen-bond acceptors (Lipinski definition) is 4. The van der Waals surface area contributed by atoms with Crippen molar-refractivity contribution < 1.29 is 14.4 Å². The molecule has 0 N–H and O–H groups in total. The van der Waals surface area contributed by atoms with Crippen LogP contribution < -0.4 is 5.06 Å². The number of likely N-dealkylation sites (N-methyl/N-ethyl adjacent to an activating group) is 1. The van der Waals surface area contributed by atoms with E-state index in [1.807, 2.05) is 42.5 Å². The Morgan fingerprint density at radius 1 is 0.958 bits per heavy atom. The van der Waals surface area contributed by atoms with Crippen LogP contribution in [0.1, 0.15) is 11.6 Å². The number of likely N-dealkylation sites (tertiary alicyclic amines) is 1. The van der Waals surface area contributed by atoms with E-state index in [9.17, 15) is 9.59 Å². The molecule has 2 heterocycles. The number of hydrogen-bond donors (Lipinski definition) is 0. The Labute approximate surface area is 144 Å². The molecule has 2 aromatic carbocycles. The van der Waals surface area contributed by atoms with Gasteiger partial charge in [0.15, 0.2) is 6.10 Å². The van der Waals surface area contributed by atoms with Gasteiger partial charge in [0.1, 0.15) is 5.92 Å². The molecule has 3 atom stereocenters. The van der Waals surface area contributed by atoms with Crippen molar-refractivity contribution >= 4 is 29.1 Å². The SMILES string of the molecule is CN1C(=O)[C@H]2[C@H](ON(c3ccc(Cl)cc3)[C@@H]2c2ccccc2)C1=O. The van der Waals surface area contributed by atoms with E-state index in [4.69, 9.17) is 16.4 Å². The summed E-state index contributed by atoms with van der Waals surface area (Å²) in [5.74, 6) is -1.07. The fraction of sp³-hybridized carbons (Fsp3) is 0.222. The largest absolute Gasteiger partial charge is 0.283 e. The number of carbonyl (C=O) groups excluding carboxylic acids is 2. The molecule has 0 spiro atoms. The second-order valence-electron chi connectivity index (χ2n) is 5.95. The molecule has 2 amide bonds. The molecule has 2 aromatic rings. The van der Waals surface area contributed by atoms with Gasteiger partial charge >= 0.3 is 0 Å². The van der Waals surface area contributed by atoms with Crippen LogP contribution in [-0.4, -0.2) is 29.9 Å². The van der Waals surface area contributed by atoms with Crippen LogP contribution in [0.15, 0.2) is 54.6 Å². The summed E-state index contributed by atoms with van der Waals surface area (Å²) in [5, 5.41) is 2.27. The maximum atomic E-state index is 12.6. The summed E-state index contributed by atoms with van der Waals surface area (Å²) in [7, 11) is 1.50. The smallest absolute Gasteiger partial charge is 0.261 e. The lowest BCUT2D eigenvalue weighted by Crippen LogP contribution is -2.34. The number of benzene rings is 2. The summed E-state index contributed by atoms with van der Waals surface area (Å²) < 4.78 is 0. The zero-order chi connectivity index (χ0) is 16.8. The van der Waals surface area contributed by atoms with E-state index in [-0.39, 0.29) is 17.9 Å². The van der Waals surface area contributed by atoms with E-state index in [2.05, 4.69) is 0 Å². The summed E-state index contributed by atoms with van der Waals surface area (Å²) in [4.78, 5) is 32.0. The number of halogens is 1. The van der Waals surface area contributed by atoms with Crippen LogP contribution >= 0.6 is 11.6 Å². The minimum Gasteiger partial charge on any atom is -0.283 e. The first-order valence-electron chi connectivity index (χ1n) is 7.66. The molecule has 2 fully saturated rings. The van der Waals surface area contributed by atoms with Gasteiger partial charge in [-0.1, -0.05) is 41.9 Å². The molecule has 0 aliphatic carbocycles. The molecule has 0 saturated carbocycles. The fourth-order valence-corrected chi connectivity index (χ4v) is 3.48. The minimum absolute atomic E-state index is 0.213. The zero-order valence-electron chi connectivity index (χ0n) is 12.9. The Morgan fingerprint density at radius 2 is 1.62 bits per heavy atom. The first kappa shape index (κ1) is 15.2. The number of amides is 2. The van der Waals surface area contributed by atoms with Crippen molar-refractivity contribution in [3.63, 3.8) is 0 Å². The molecule has 122 valence electrons. The Balaban J connectivity index is 1.80. The van der Waals surface area contributed by atoms with E-state index >= 15 is 0 Å². The number of hydroxylamine groups is 1. The third-order valence-electron chi connectivity index (χ3n) is 4.56. The monoisotopic (exact) mass is 342 g/mol. The molecule has 6 heteroatoms. The topological polar surface area (TPSA) is 49.9 Å². The first-order valence-corrected chi connectivity index (χ1v) is 8.03. The van der Waals surface area contributed by atoms with Crippen molar-refractivity contribution in [2.75, 3.05) is 12.1 Å². The first-order chi connectivity index (χ1) is 11.6. The van der Waals surface area contributed by atoms with Crippen LogP contribution in [0.4, 0.5) is 5.69 Å². The highest BCUT2D eigenvalue weighted by Crippen LogP contribution is 2.46. The van der Waals surface area contributed by atoms with Crippen molar-refractivity contribution in [3.05, 3.63) is 65.2 Å². The molecule has 2 aliphatic rings. The third-order valence-corrected chi connectivity index (χ3v) is 4.81. The van der Waals surface area contributed by atoms with Gasteiger partial charge in [-0.15, -0.1) is 0 Å². The Morgan fingerprint density at radius 3 is 2.29 bits per heavy atom. The van der Waals surface area contributed by atoms with Gasteiger partial charge < -0.3 is 0 Å². The van der Waals surface area contributed by atoms with Crippen molar-refractivity contribution in [2.24, 2.45) is 5.92 Å². The predicted molar refractivity (Wildman–Crippen MR) is 89.3 cm³/mol. The highest BCUT2D eigenvalue weighted by Gasteiger charge is 2.58. The summed E-state index contributed by atoms with van der Waals surface area (Å²) in [6.45, 7) is 0. The minimum atomic E-state index is -0.789. The molecule has 0 aromatic heterocycles. The Bertz CT molecular complexity index is 794. The summed E-state index contributed by atoms with van der Waals surface area (Å²) >= 11 is 5.96. The van der Waals surface area contributed by atoms with E-state index in [0.717, 1.165) is 16.2 Å². The van der Waals surface area contributed by atoms with Crippen LogP contribution in [0, 0.1) is 5.92 Å². The fourth-order valence-electron chi connectivity index (χ4n) is 3.35. The van der Waals surface area contributed by atoms with Crippen LogP contribution in [0.25, 0.3) is 0 Å². The maximum Gasteiger partial charge on any atom is 0.261 e. The van der Waals surface area contributed by atoms with E-state index in [1.54, 1.807) is 17.2 Å². The molecule has 2 aliphatic heterocycles. The molecule has 0 radical (unpaired) electrons. The second kappa shape index (κ2) is 5.61. The van der Waals surface area contributed by atoms with Crippen LogP contribution in [0.2, 0.25) is 5.02 Å². The van der Waals surface area contributed by atoms with Crippen molar-refractivity contribution in [2.45, 2.75) is 12.1 Å². The summed E-state index contributed by atoms with van der Waals surface area (Å²) in [6.07, 6.45) is -0.789. The zero-order valence-corrected chi connectivity index (χ0v) is 13.7. The van der Waals surface area contributed by atoms with Crippen molar-refractivity contribution in [1.82, 2.24) is 4.90 Å². The average molecular weight is 343 g/mol. The molecule has 0 bridgehead atoms. The van der Waals surface area contributed by atoms with Gasteiger partial charge in [0.25, 0.3) is 5.91 Å². The van der Waals surface area contributed by atoms with Crippen molar-refractivity contribution in [1.29, 1.82) is 0 Å².